The van der Waals surface area contributed by atoms with Gasteiger partial charge in [-0.1, -0.05) is 0 Å². The van der Waals surface area contributed by atoms with Gasteiger partial charge in [-0.25, -0.2) is 18.1 Å². The number of thiazole rings is 1. The van der Waals surface area contributed by atoms with E-state index < -0.39 is 10.0 Å². The van der Waals surface area contributed by atoms with E-state index in [2.05, 4.69) is 9.71 Å². The highest BCUT2D eigenvalue weighted by molar-refractivity contribution is 7.89. The van der Waals surface area contributed by atoms with Crippen LogP contribution in [-0.2, 0) is 16.6 Å². The van der Waals surface area contributed by atoms with E-state index in [4.69, 9.17) is 9.47 Å². The van der Waals surface area contributed by atoms with Gasteiger partial charge in [-0.15, -0.1) is 11.3 Å². The molecule has 0 aliphatic carbocycles. The van der Waals surface area contributed by atoms with Crippen LogP contribution in [0.4, 0.5) is 0 Å². The third-order valence-corrected chi connectivity index (χ3v) is 5.05. The minimum atomic E-state index is -3.59. The Morgan fingerprint density at radius 3 is 2.90 bits per heavy atom. The monoisotopic (exact) mass is 312 g/mol. The van der Waals surface area contributed by atoms with Crippen molar-refractivity contribution in [1.82, 2.24) is 9.71 Å². The van der Waals surface area contributed by atoms with Gasteiger partial charge >= 0.3 is 0 Å². The van der Waals surface area contributed by atoms with Gasteiger partial charge in [0.15, 0.2) is 11.5 Å². The predicted molar refractivity (Wildman–Crippen MR) is 73.4 cm³/mol. The minimum absolute atomic E-state index is 0.116. The Hall–Kier alpha value is -1.64. The number of fused-ring (bicyclic) bond motifs is 1. The number of hydrogen-bond donors (Lipinski definition) is 1. The van der Waals surface area contributed by atoms with Crippen molar-refractivity contribution < 1.29 is 17.9 Å². The Bertz CT molecular complexity index is 740. The van der Waals surface area contributed by atoms with E-state index in [1.165, 1.54) is 23.5 Å². The lowest BCUT2D eigenvalue weighted by atomic mass is 10.3. The summed E-state index contributed by atoms with van der Waals surface area (Å²) in [5.74, 6) is 0.998. The van der Waals surface area contributed by atoms with Crippen molar-refractivity contribution in [3.05, 3.63) is 34.3 Å². The molecule has 0 spiro atoms. The Kier molecular flexibility index (Phi) is 3.36. The molecule has 3 rings (SSSR count). The van der Waals surface area contributed by atoms with E-state index in [9.17, 15) is 8.42 Å². The lowest BCUT2D eigenvalue weighted by molar-refractivity contribution is 0.174. The normalized spacial score (nSPS) is 13.7. The third-order valence-electron chi connectivity index (χ3n) is 2.74. The second kappa shape index (κ2) is 5.04. The molecule has 8 heteroatoms. The zero-order chi connectivity index (χ0) is 14.2. The highest BCUT2D eigenvalue weighted by Gasteiger charge is 2.20. The SMILES string of the molecule is Cc1cnc(CNS(=O)(=O)c2ccc3c(c2)OCO3)s1. The van der Waals surface area contributed by atoms with Crippen molar-refractivity contribution in [3.63, 3.8) is 0 Å². The van der Waals surface area contributed by atoms with Gasteiger partial charge in [-0.3, -0.25) is 0 Å². The van der Waals surface area contributed by atoms with E-state index in [0.717, 1.165) is 9.88 Å². The summed E-state index contributed by atoms with van der Waals surface area (Å²) in [6.07, 6.45) is 1.72. The molecule has 1 aromatic heterocycles. The zero-order valence-corrected chi connectivity index (χ0v) is 12.3. The molecule has 0 amide bonds. The van der Waals surface area contributed by atoms with Gasteiger partial charge in [-0.05, 0) is 19.1 Å². The Balaban J connectivity index is 1.78. The molecule has 0 saturated heterocycles. The second-order valence-corrected chi connectivity index (χ2v) is 7.29. The van der Waals surface area contributed by atoms with Crippen LogP contribution in [0.2, 0.25) is 0 Å². The summed E-state index contributed by atoms with van der Waals surface area (Å²) in [4.78, 5) is 5.31. The van der Waals surface area contributed by atoms with Gasteiger partial charge in [0.2, 0.25) is 16.8 Å². The number of rotatable bonds is 4. The van der Waals surface area contributed by atoms with E-state index in [0.29, 0.717) is 11.5 Å². The first-order valence-corrected chi connectivity index (χ1v) is 8.15. The fraction of sp³-hybridized carbons (Fsp3) is 0.250. The average Bonchev–Trinajstić information content (AvgIpc) is 3.04. The zero-order valence-electron chi connectivity index (χ0n) is 10.6. The Labute approximate surface area is 120 Å². The van der Waals surface area contributed by atoms with Crippen molar-refractivity contribution in [2.24, 2.45) is 0 Å². The smallest absolute Gasteiger partial charge is 0.241 e. The molecule has 0 fully saturated rings. The van der Waals surface area contributed by atoms with Crippen molar-refractivity contribution in [1.29, 1.82) is 0 Å². The van der Waals surface area contributed by atoms with Crippen LogP contribution in [0.1, 0.15) is 9.88 Å². The number of ether oxygens (including phenoxy) is 2. The first kappa shape index (κ1) is 13.3. The van der Waals surface area contributed by atoms with Gasteiger partial charge in [0.1, 0.15) is 5.01 Å². The molecule has 0 atom stereocenters. The van der Waals surface area contributed by atoms with Gasteiger partial charge in [0.25, 0.3) is 0 Å². The number of sulfonamides is 1. The topological polar surface area (TPSA) is 77.5 Å². The summed E-state index contributed by atoms with van der Waals surface area (Å²) >= 11 is 1.46. The van der Waals surface area contributed by atoms with Crippen LogP contribution in [0.15, 0.2) is 29.3 Å². The van der Waals surface area contributed by atoms with Crippen LogP contribution < -0.4 is 14.2 Å². The summed E-state index contributed by atoms with van der Waals surface area (Å²) in [6.45, 7) is 2.22. The van der Waals surface area contributed by atoms with E-state index >= 15 is 0 Å². The molecule has 6 nitrogen and oxygen atoms in total. The lowest BCUT2D eigenvalue weighted by Gasteiger charge is -2.06. The van der Waals surface area contributed by atoms with Crippen LogP contribution in [0.25, 0.3) is 0 Å². The van der Waals surface area contributed by atoms with Crippen molar-refractivity contribution in [2.45, 2.75) is 18.4 Å². The molecular formula is C12H12N2O4S2. The molecule has 0 unspecified atom stereocenters. The van der Waals surface area contributed by atoms with Crippen molar-refractivity contribution in [3.8, 4) is 11.5 Å². The maximum absolute atomic E-state index is 12.2. The Morgan fingerprint density at radius 2 is 2.15 bits per heavy atom. The predicted octanol–water partition coefficient (Wildman–Crippen LogP) is 1.66. The maximum atomic E-state index is 12.2. The van der Waals surface area contributed by atoms with E-state index in [-0.39, 0.29) is 18.2 Å². The number of aromatic nitrogens is 1. The lowest BCUT2D eigenvalue weighted by Crippen LogP contribution is -2.23. The molecule has 2 heterocycles. The highest BCUT2D eigenvalue weighted by atomic mass is 32.2. The molecule has 20 heavy (non-hydrogen) atoms. The van der Waals surface area contributed by atoms with Crippen LogP contribution in [0, 0.1) is 6.92 Å². The summed E-state index contributed by atoms with van der Waals surface area (Å²) in [7, 11) is -3.59. The second-order valence-electron chi connectivity index (χ2n) is 4.20. The molecule has 0 bridgehead atoms. The number of benzene rings is 1. The van der Waals surface area contributed by atoms with E-state index in [1.54, 1.807) is 12.3 Å². The fourth-order valence-corrected chi connectivity index (χ4v) is 3.59. The van der Waals surface area contributed by atoms with Crippen molar-refractivity contribution >= 4 is 21.4 Å². The van der Waals surface area contributed by atoms with Gasteiger partial charge in [-0.2, -0.15) is 0 Å². The standard InChI is InChI=1S/C12H12N2O4S2/c1-8-5-13-12(19-8)6-14-20(15,16)9-2-3-10-11(4-9)18-7-17-10/h2-5,14H,6-7H2,1H3. The molecule has 1 aliphatic heterocycles. The summed E-state index contributed by atoms with van der Waals surface area (Å²) in [6, 6.07) is 4.53. The van der Waals surface area contributed by atoms with Crippen LogP contribution >= 0.6 is 11.3 Å². The highest BCUT2D eigenvalue weighted by Crippen LogP contribution is 2.33. The molecule has 1 aromatic carbocycles. The first-order valence-electron chi connectivity index (χ1n) is 5.85. The molecule has 0 radical (unpaired) electrons. The quantitative estimate of drug-likeness (QED) is 0.929. The van der Waals surface area contributed by atoms with Crippen molar-refractivity contribution in [2.75, 3.05) is 6.79 Å². The van der Waals surface area contributed by atoms with Gasteiger partial charge < -0.3 is 9.47 Å². The number of hydrogen-bond acceptors (Lipinski definition) is 6. The number of nitrogens with one attached hydrogen (secondary N) is 1. The average molecular weight is 312 g/mol. The Morgan fingerprint density at radius 1 is 1.35 bits per heavy atom. The number of nitrogens with zero attached hydrogens (tertiary/aromatic N) is 1. The summed E-state index contributed by atoms with van der Waals surface area (Å²) in [5, 5.41) is 0.729. The van der Waals surface area contributed by atoms with Crippen LogP contribution in [-0.4, -0.2) is 20.2 Å². The first-order chi connectivity index (χ1) is 9.54. The van der Waals surface area contributed by atoms with E-state index in [1.807, 2.05) is 6.92 Å². The number of aryl methyl sites for hydroxylation is 1. The van der Waals surface area contributed by atoms with Gasteiger partial charge in [0, 0.05) is 17.1 Å². The molecule has 2 aromatic rings. The minimum Gasteiger partial charge on any atom is -0.454 e. The largest absolute Gasteiger partial charge is 0.454 e. The molecule has 1 aliphatic rings. The molecule has 1 N–H and O–H groups in total. The molecule has 106 valence electrons. The van der Waals surface area contributed by atoms with Crippen LogP contribution in [0.3, 0.4) is 0 Å². The summed E-state index contributed by atoms with van der Waals surface area (Å²) in [5.41, 5.74) is 0. The van der Waals surface area contributed by atoms with Crippen LogP contribution in [0.5, 0.6) is 11.5 Å². The molecule has 0 saturated carbocycles. The molecular weight excluding hydrogens is 300 g/mol. The van der Waals surface area contributed by atoms with Gasteiger partial charge in [0.05, 0.1) is 11.4 Å². The third kappa shape index (κ3) is 2.62. The summed E-state index contributed by atoms with van der Waals surface area (Å²) < 4.78 is 37.2. The maximum Gasteiger partial charge on any atom is 0.241 e. The fourth-order valence-electron chi connectivity index (χ4n) is 1.77.